The summed E-state index contributed by atoms with van der Waals surface area (Å²) in [5.41, 5.74) is 0.711. The Balaban J connectivity index is 2.52. The van der Waals surface area contributed by atoms with E-state index in [-0.39, 0.29) is 5.69 Å². The zero-order chi connectivity index (χ0) is 9.26. The summed E-state index contributed by atoms with van der Waals surface area (Å²) in [4.78, 5) is 18.3. The van der Waals surface area contributed by atoms with Crippen molar-refractivity contribution in [2.75, 3.05) is 0 Å². The summed E-state index contributed by atoms with van der Waals surface area (Å²) in [7, 11) is 0. The molecule has 2 aromatic heterocycles. The third-order valence-electron chi connectivity index (χ3n) is 1.65. The summed E-state index contributed by atoms with van der Waals surface area (Å²) >= 11 is 0. The Kier molecular flexibility index (Phi) is 1.70. The molecule has 0 fully saturated rings. The fraction of sp³-hybridized carbons (Fsp3) is 0.125. The number of nitrogens with zero attached hydrogens (tertiary/aromatic N) is 3. The summed E-state index contributed by atoms with van der Waals surface area (Å²) in [6.45, 7) is 1.96. The van der Waals surface area contributed by atoms with Crippen molar-refractivity contribution in [1.82, 2.24) is 19.7 Å². The van der Waals surface area contributed by atoms with E-state index in [4.69, 9.17) is 0 Å². The molecule has 0 radical (unpaired) electrons. The van der Waals surface area contributed by atoms with E-state index in [2.05, 4.69) is 15.1 Å². The van der Waals surface area contributed by atoms with E-state index in [1.807, 2.05) is 19.1 Å². The molecule has 0 saturated heterocycles. The molecule has 5 heteroatoms. The predicted molar refractivity (Wildman–Crippen MR) is 46.7 cm³/mol. The van der Waals surface area contributed by atoms with E-state index in [1.54, 1.807) is 6.20 Å². The van der Waals surface area contributed by atoms with Gasteiger partial charge in [0.2, 0.25) is 0 Å². The van der Waals surface area contributed by atoms with Crippen molar-refractivity contribution < 1.29 is 0 Å². The summed E-state index contributed by atoms with van der Waals surface area (Å²) in [6.07, 6.45) is 3.09. The van der Waals surface area contributed by atoms with Gasteiger partial charge in [0.1, 0.15) is 6.33 Å². The van der Waals surface area contributed by atoms with Gasteiger partial charge in [0.05, 0.1) is 0 Å². The van der Waals surface area contributed by atoms with Gasteiger partial charge in [0, 0.05) is 6.20 Å². The Morgan fingerprint density at radius 2 is 2.31 bits per heavy atom. The van der Waals surface area contributed by atoms with Crippen molar-refractivity contribution >= 4 is 0 Å². The van der Waals surface area contributed by atoms with Crippen LogP contribution in [-0.2, 0) is 0 Å². The van der Waals surface area contributed by atoms with Gasteiger partial charge in [-0.2, -0.15) is 4.98 Å². The number of rotatable bonds is 1. The van der Waals surface area contributed by atoms with Crippen molar-refractivity contribution in [3.63, 3.8) is 0 Å². The van der Waals surface area contributed by atoms with E-state index in [0.29, 0.717) is 5.82 Å². The van der Waals surface area contributed by atoms with Crippen LogP contribution in [0.3, 0.4) is 0 Å². The molecule has 2 rings (SSSR count). The van der Waals surface area contributed by atoms with E-state index in [0.717, 1.165) is 5.56 Å². The molecule has 0 aromatic carbocycles. The lowest BCUT2D eigenvalue weighted by atomic mass is 10.3. The molecule has 2 aromatic rings. The molecule has 13 heavy (non-hydrogen) atoms. The van der Waals surface area contributed by atoms with Crippen LogP contribution in [0, 0.1) is 6.92 Å². The molecule has 0 unspecified atom stereocenters. The van der Waals surface area contributed by atoms with Gasteiger partial charge in [-0.25, -0.2) is 19.6 Å². The van der Waals surface area contributed by atoms with Crippen LogP contribution < -0.4 is 5.69 Å². The molecule has 66 valence electrons. The van der Waals surface area contributed by atoms with Gasteiger partial charge in [-0.05, 0) is 24.6 Å². The van der Waals surface area contributed by atoms with E-state index in [1.165, 1.54) is 11.0 Å². The predicted octanol–water partition coefficient (Wildman–Crippen LogP) is 0.264. The highest BCUT2D eigenvalue weighted by molar-refractivity contribution is 5.24. The minimum absolute atomic E-state index is 0.372. The lowest BCUT2D eigenvalue weighted by molar-refractivity contribution is 0.831. The van der Waals surface area contributed by atoms with Crippen molar-refractivity contribution in [3.05, 3.63) is 40.7 Å². The van der Waals surface area contributed by atoms with Crippen LogP contribution in [0.1, 0.15) is 5.56 Å². The Bertz CT molecular complexity index is 471. The molecule has 0 amide bonds. The van der Waals surface area contributed by atoms with Gasteiger partial charge in [-0.1, -0.05) is 0 Å². The first kappa shape index (κ1) is 7.72. The van der Waals surface area contributed by atoms with E-state index < -0.39 is 0 Å². The van der Waals surface area contributed by atoms with Crippen LogP contribution in [0.2, 0.25) is 0 Å². The average Bonchev–Trinajstić information content (AvgIpc) is 2.52. The van der Waals surface area contributed by atoms with Crippen molar-refractivity contribution in [3.8, 4) is 5.82 Å². The molecule has 0 aliphatic heterocycles. The number of aromatic amines is 1. The van der Waals surface area contributed by atoms with Gasteiger partial charge >= 0.3 is 5.69 Å². The first-order chi connectivity index (χ1) is 6.25. The Morgan fingerprint density at radius 1 is 1.46 bits per heavy atom. The Morgan fingerprint density at radius 3 is 2.92 bits per heavy atom. The van der Waals surface area contributed by atoms with Crippen LogP contribution in [-0.4, -0.2) is 19.7 Å². The van der Waals surface area contributed by atoms with Crippen molar-refractivity contribution in [2.24, 2.45) is 0 Å². The fourth-order valence-electron chi connectivity index (χ4n) is 1.04. The summed E-state index contributed by atoms with van der Waals surface area (Å²) < 4.78 is 1.48. The number of hydrogen-bond donors (Lipinski definition) is 1. The molecule has 0 spiro atoms. The molecule has 1 N–H and O–H groups in total. The maximum Gasteiger partial charge on any atom is 0.361 e. The minimum atomic E-state index is -0.372. The number of aryl methyl sites for hydroxylation is 1. The molecule has 2 heterocycles. The third-order valence-corrected chi connectivity index (χ3v) is 1.65. The highest BCUT2D eigenvalue weighted by Gasteiger charge is 1.97. The van der Waals surface area contributed by atoms with Gasteiger partial charge in [0.25, 0.3) is 0 Å². The maximum atomic E-state index is 10.7. The highest BCUT2D eigenvalue weighted by Crippen LogP contribution is 2.02. The van der Waals surface area contributed by atoms with Crippen LogP contribution >= 0.6 is 0 Å². The molecular weight excluding hydrogens is 168 g/mol. The molecule has 0 bridgehead atoms. The van der Waals surface area contributed by atoms with Gasteiger partial charge in [-0.15, -0.1) is 0 Å². The summed E-state index contributed by atoms with van der Waals surface area (Å²) in [5, 5.41) is 2.51. The highest BCUT2D eigenvalue weighted by atomic mass is 16.1. The lowest BCUT2D eigenvalue weighted by Gasteiger charge is -1.99. The molecule has 0 atom stereocenters. The minimum Gasteiger partial charge on any atom is -0.244 e. The van der Waals surface area contributed by atoms with Crippen molar-refractivity contribution in [1.29, 1.82) is 0 Å². The molecule has 5 nitrogen and oxygen atoms in total. The van der Waals surface area contributed by atoms with Crippen LogP contribution in [0.15, 0.2) is 29.5 Å². The summed E-state index contributed by atoms with van der Waals surface area (Å²) in [6, 6.07) is 3.75. The first-order valence-electron chi connectivity index (χ1n) is 3.82. The van der Waals surface area contributed by atoms with Crippen LogP contribution in [0.5, 0.6) is 0 Å². The van der Waals surface area contributed by atoms with E-state index in [9.17, 15) is 4.79 Å². The van der Waals surface area contributed by atoms with Crippen LogP contribution in [0.25, 0.3) is 5.82 Å². The quantitative estimate of drug-likeness (QED) is 0.678. The number of pyridine rings is 1. The molecule has 0 aliphatic carbocycles. The lowest BCUT2D eigenvalue weighted by Crippen LogP contribution is -2.06. The monoisotopic (exact) mass is 176 g/mol. The standard InChI is InChI=1S/C8H8N4O/c1-6-2-3-9-7(4-6)12-5-10-8(13)11-12/h2-5H,1H3,(H,11,13). The fourth-order valence-corrected chi connectivity index (χ4v) is 1.04. The number of nitrogens with one attached hydrogen (secondary N) is 1. The van der Waals surface area contributed by atoms with Crippen LogP contribution in [0.4, 0.5) is 0 Å². The third kappa shape index (κ3) is 1.48. The van der Waals surface area contributed by atoms with Gasteiger partial charge < -0.3 is 0 Å². The Labute approximate surface area is 74.1 Å². The number of hydrogen-bond acceptors (Lipinski definition) is 3. The number of H-pyrrole nitrogens is 1. The maximum absolute atomic E-state index is 10.7. The normalized spacial score (nSPS) is 10.2. The SMILES string of the molecule is Cc1ccnc(-n2cnc(=O)[nH]2)c1. The summed E-state index contributed by atoms with van der Waals surface area (Å²) in [5.74, 6) is 0.662. The zero-order valence-corrected chi connectivity index (χ0v) is 7.06. The molecule has 0 aliphatic rings. The van der Waals surface area contributed by atoms with Gasteiger partial charge in [0.15, 0.2) is 5.82 Å². The second-order valence-corrected chi connectivity index (χ2v) is 2.72. The van der Waals surface area contributed by atoms with Gasteiger partial charge in [-0.3, -0.25) is 0 Å². The largest absolute Gasteiger partial charge is 0.361 e. The van der Waals surface area contributed by atoms with Crippen molar-refractivity contribution in [2.45, 2.75) is 6.92 Å². The first-order valence-corrected chi connectivity index (χ1v) is 3.82. The second kappa shape index (κ2) is 2.85. The Hall–Kier alpha value is -1.91. The molecule has 0 saturated carbocycles. The topological polar surface area (TPSA) is 63.6 Å². The number of aromatic nitrogens is 4. The smallest absolute Gasteiger partial charge is 0.244 e. The second-order valence-electron chi connectivity index (χ2n) is 2.72. The molecular formula is C8H8N4O. The zero-order valence-electron chi connectivity index (χ0n) is 7.06. The van der Waals surface area contributed by atoms with E-state index >= 15 is 0 Å². The average molecular weight is 176 g/mol.